The molecular weight excluding hydrogens is 216 g/mol. The number of carbonyl (C=O) groups excluding carboxylic acids is 1. The summed E-state index contributed by atoms with van der Waals surface area (Å²) in [5.41, 5.74) is 0.334. The van der Waals surface area contributed by atoms with Crippen LogP contribution in [0.4, 0.5) is 0 Å². The molecule has 2 atom stereocenters. The van der Waals surface area contributed by atoms with Crippen molar-refractivity contribution in [2.24, 2.45) is 5.92 Å². The van der Waals surface area contributed by atoms with Crippen molar-refractivity contribution in [1.29, 1.82) is 0 Å². The molecule has 2 rings (SSSR count). The minimum Gasteiger partial charge on any atom is -0.391 e. The van der Waals surface area contributed by atoms with Crippen LogP contribution in [-0.2, 0) is 0 Å². The fourth-order valence-electron chi connectivity index (χ4n) is 1.51. The minimum atomic E-state index is -0.376. The molecule has 2 unspecified atom stereocenters. The number of β-amino-alcohol motifs (C(OH)–C–C–N with tert-alkyl or cyclic N) is 1. The zero-order chi connectivity index (χ0) is 10.7. The molecule has 0 aliphatic carbocycles. The van der Waals surface area contributed by atoms with Crippen molar-refractivity contribution in [3.05, 3.63) is 11.9 Å². The van der Waals surface area contributed by atoms with Gasteiger partial charge in [0.15, 0.2) is 5.69 Å². The number of aromatic nitrogens is 2. The third-order valence-electron chi connectivity index (χ3n) is 2.42. The largest absolute Gasteiger partial charge is 0.391 e. The highest BCUT2D eigenvalue weighted by atomic mass is 32.1. The van der Waals surface area contributed by atoms with Crippen LogP contribution in [0, 0.1) is 5.92 Å². The van der Waals surface area contributed by atoms with Crippen molar-refractivity contribution in [3.8, 4) is 0 Å². The fraction of sp³-hybridized carbons (Fsp3) is 0.625. The fourth-order valence-corrected chi connectivity index (χ4v) is 1.92. The summed E-state index contributed by atoms with van der Waals surface area (Å²) in [6.45, 7) is 1.79. The highest BCUT2D eigenvalue weighted by molar-refractivity contribution is 6.99. The average molecular weight is 228 g/mol. The number of carbonyl (C=O) groups is 1. The van der Waals surface area contributed by atoms with Crippen molar-refractivity contribution in [2.45, 2.75) is 6.10 Å². The molecule has 1 saturated heterocycles. The van der Waals surface area contributed by atoms with E-state index in [-0.39, 0.29) is 17.9 Å². The maximum absolute atomic E-state index is 11.5. The average Bonchev–Trinajstić information content (AvgIpc) is 2.85. The van der Waals surface area contributed by atoms with Crippen molar-refractivity contribution in [2.75, 3.05) is 19.6 Å². The number of hydrogen-bond acceptors (Lipinski definition) is 6. The van der Waals surface area contributed by atoms with Gasteiger partial charge in [-0.25, -0.2) is 0 Å². The van der Waals surface area contributed by atoms with Gasteiger partial charge in [-0.1, -0.05) is 0 Å². The topological polar surface area (TPSA) is 87.1 Å². The molecule has 3 N–H and O–H groups in total. The third-order valence-corrected chi connectivity index (χ3v) is 2.90. The van der Waals surface area contributed by atoms with Gasteiger partial charge in [-0.2, -0.15) is 8.75 Å². The molecule has 1 aliphatic rings. The Balaban J connectivity index is 1.81. The van der Waals surface area contributed by atoms with Crippen LogP contribution >= 0.6 is 11.7 Å². The van der Waals surface area contributed by atoms with Crippen LogP contribution in [0.15, 0.2) is 6.20 Å². The molecule has 82 valence electrons. The van der Waals surface area contributed by atoms with Gasteiger partial charge in [0, 0.05) is 25.6 Å². The first-order chi connectivity index (χ1) is 7.27. The molecule has 0 spiro atoms. The van der Waals surface area contributed by atoms with Gasteiger partial charge in [0.25, 0.3) is 5.91 Å². The van der Waals surface area contributed by atoms with Crippen LogP contribution < -0.4 is 10.6 Å². The highest BCUT2D eigenvalue weighted by Crippen LogP contribution is 2.07. The van der Waals surface area contributed by atoms with E-state index in [2.05, 4.69) is 19.4 Å². The lowest BCUT2D eigenvalue weighted by Crippen LogP contribution is -2.34. The second kappa shape index (κ2) is 4.65. The number of aliphatic hydroxyl groups excluding tert-OH is 1. The van der Waals surface area contributed by atoms with E-state index < -0.39 is 0 Å². The molecular formula is C8H12N4O2S. The second-order valence-electron chi connectivity index (χ2n) is 3.49. The van der Waals surface area contributed by atoms with Crippen LogP contribution in [0.1, 0.15) is 10.5 Å². The van der Waals surface area contributed by atoms with E-state index in [9.17, 15) is 9.90 Å². The first-order valence-electron chi connectivity index (χ1n) is 4.72. The summed E-state index contributed by atoms with van der Waals surface area (Å²) in [6.07, 6.45) is 1.06. The summed E-state index contributed by atoms with van der Waals surface area (Å²) in [5, 5.41) is 15.3. The van der Waals surface area contributed by atoms with Crippen LogP contribution in [0.5, 0.6) is 0 Å². The molecule has 15 heavy (non-hydrogen) atoms. The van der Waals surface area contributed by atoms with Gasteiger partial charge in [0.05, 0.1) is 24.0 Å². The molecule has 1 aromatic heterocycles. The van der Waals surface area contributed by atoms with Crippen LogP contribution in [0.2, 0.25) is 0 Å². The molecule has 0 radical (unpaired) electrons. The quantitative estimate of drug-likeness (QED) is 0.608. The monoisotopic (exact) mass is 228 g/mol. The smallest absolute Gasteiger partial charge is 0.272 e. The van der Waals surface area contributed by atoms with E-state index in [1.807, 2.05) is 0 Å². The second-order valence-corrected chi connectivity index (χ2v) is 4.05. The molecule has 0 aromatic carbocycles. The summed E-state index contributed by atoms with van der Waals surface area (Å²) in [4.78, 5) is 11.5. The SMILES string of the molecule is O=C(NCC1CNCC1O)c1cnsn1. The first kappa shape index (κ1) is 10.5. The van der Waals surface area contributed by atoms with Crippen LogP contribution in [0.3, 0.4) is 0 Å². The summed E-state index contributed by atoms with van der Waals surface area (Å²) in [5.74, 6) is -0.150. The third kappa shape index (κ3) is 2.49. The molecule has 0 bridgehead atoms. The molecule has 2 heterocycles. The summed E-state index contributed by atoms with van der Waals surface area (Å²) in [7, 11) is 0. The molecule has 1 aromatic rings. The molecule has 1 amide bonds. The van der Waals surface area contributed by atoms with Gasteiger partial charge >= 0.3 is 0 Å². The van der Waals surface area contributed by atoms with Crippen LogP contribution in [0.25, 0.3) is 0 Å². The Kier molecular flexibility index (Phi) is 3.24. The standard InChI is InChI=1S/C8H12N4O2S/c13-7-4-9-1-5(7)2-10-8(14)6-3-11-15-12-6/h3,5,7,9,13H,1-2,4H2,(H,10,14). The molecule has 6 nitrogen and oxygen atoms in total. The molecule has 1 aliphatic heterocycles. The lowest BCUT2D eigenvalue weighted by atomic mass is 10.1. The predicted octanol–water partition coefficient (Wildman–Crippen LogP) is -1.15. The first-order valence-corrected chi connectivity index (χ1v) is 5.45. The normalized spacial score (nSPS) is 25.4. The summed E-state index contributed by atoms with van der Waals surface area (Å²) >= 11 is 1.00. The summed E-state index contributed by atoms with van der Waals surface area (Å²) < 4.78 is 7.57. The Labute approximate surface area is 91.0 Å². The maximum Gasteiger partial charge on any atom is 0.272 e. The highest BCUT2D eigenvalue weighted by Gasteiger charge is 2.25. The van der Waals surface area contributed by atoms with E-state index >= 15 is 0 Å². The van der Waals surface area contributed by atoms with Gasteiger partial charge in [0.1, 0.15) is 0 Å². The number of aliphatic hydroxyl groups is 1. The van der Waals surface area contributed by atoms with Crippen molar-refractivity contribution in [1.82, 2.24) is 19.4 Å². The van der Waals surface area contributed by atoms with E-state index in [4.69, 9.17) is 0 Å². The number of amides is 1. The lowest BCUT2D eigenvalue weighted by Gasteiger charge is -2.13. The zero-order valence-corrected chi connectivity index (χ0v) is 8.83. The predicted molar refractivity (Wildman–Crippen MR) is 54.6 cm³/mol. The van der Waals surface area contributed by atoms with Crippen LogP contribution in [-0.4, -0.2) is 45.5 Å². The van der Waals surface area contributed by atoms with Gasteiger partial charge < -0.3 is 15.7 Å². The Bertz CT molecular complexity index is 329. The van der Waals surface area contributed by atoms with E-state index in [1.54, 1.807) is 0 Å². The van der Waals surface area contributed by atoms with E-state index in [0.29, 0.717) is 18.8 Å². The zero-order valence-electron chi connectivity index (χ0n) is 8.01. The van der Waals surface area contributed by atoms with Crippen molar-refractivity contribution < 1.29 is 9.90 Å². The number of hydrogen-bond donors (Lipinski definition) is 3. The Hall–Kier alpha value is -1.05. The molecule has 0 saturated carbocycles. The Morgan fingerprint density at radius 3 is 3.20 bits per heavy atom. The van der Waals surface area contributed by atoms with Crippen molar-refractivity contribution in [3.63, 3.8) is 0 Å². The number of nitrogens with zero attached hydrogens (tertiary/aromatic N) is 2. The van der Waals surface area contributed by atoms with E-state index in [0.717, 1.165) is 18.3 Å². The number of nitrogens with one attached hydrogen (secondary N) is 2. The van der Waals surface area contributed by atoms with Gasteiger partial charge in [-0.15, -0.1) is 0 Å². The van der Waals surface area contributed by atoms with Gasteiger partial charge in [0.2, 0.25) is 0 Å². The maximum atomic E-state index is 11.5. The Morgan fingerprint density at radius 2 is 2.60 bits per heavy atom. The van der Waals surface area contributed by atoms with E-state index in [1.165, 1.54) is 6.20 Å². The van der Waals surface area contributed by atoms with Gasteiger partial charge in [-0.05, 0) is 0 Å². The molecule has 7 heteroatoms. The van der Waals surface area contributed by atoms with Gasteiger partial charge in [-0.3, -0.25) is 4.79 Å². The molecule has 1 fully saturated rings. The number of rotatable bonds is 3. The minimum absolute atomic E-state index is 0.0838. The Morgan fingerprint density at radius 1 is 1.73 bits per heavy atom. The summed E-state index contributed by atoms with van der Waals surface area (Å²) in [6, 6.07) is 0. The lowest BCUT2D eigenvalue weighted by molar-refractivity contribution is 0.0923. The van der Waals surface area contributed by atoms with Crippen molar-refractivity contribution >= 4 is 17.6 Å².